The van der Waals surface area contributed by atoms with Crippen LogP contribution in [0.5, 0.6) is 0 Å². The normalized spacial score (nSPS) is 22.7. The monoisotopic (exact) mass is 568 g/mol. The molecular weight excluding hydrogens is 528 g/mol. The van der Waals surface area contributed by atoms with Gasteiger partial charge in [0, 0.05) is 13.1 Å². The second kappa shape index (κ2) is 13.9. The number of aliphatic hydroxyl groups excluding tert-OH is 4. The van der Waals surface area contributed by atoms with Crippen molar-refractivity contribution in [3.05, 3.63) is 130 Å². The van der Waals surface area contributed by atoms with Crippen LogP contribution in [0.25, 0.3) is 0 Å². The van der Waals surface area contributed by atoms with E-state index in [0.717, 1.165) is 46.2 Å². The topological polar surface area (TPSA) is 104 Å². The van der Waals surface area contributed by atoms with Crippen LogP contribution in [0, 0.1) is 0 Å². The number of hydrogen-bond acceptors (Lipinski definition) is 5. The zero-order valence-electron chi connectivity index (χ0n) is 23.8. The molecule has 1 heterocycles. The Morgan fingerprint density at radius 1 is 0.643 bits per heavy atom. The van der Waals surface area contributed by atoms with Gasteiger partial charge in [-0.1, -0.05) is 103 Å². The van der Waals surface area contributed by atoms with Gasteiger partial charge in [0.15, 0.2) is 0 Å². The number of allylic oxidation sites excluding steroid dienone is 3. The van der Waals surface area contributed by atoms with Gasteiger partial charge < -0.3 is 30.2 Å². The van der Waals surface area contributed by atoms with Crippen LogP contribution < -0.4 is 0 Å². The van der Waals surface area contributed by atoms with E-state index in [9.17, 15) is 25.2 Å². The molecule has 0 radical (unpaired) electrons. The summed E-state index contributed by atoms with van der Waals surface area (Å²) in [5.74, 6) is 0. The highest BCUT2D eigenvalue weighted by molar-refractivity contribution is 5.76. The second-order valence-electron chi connectivity index (χ2n) is 11.3. The van der Waals surface area contributed by atoms with Crippen LogP contribution in [0.15, 0.2) is 103 Å². The first kappa shape index (κ1) is 29.7. The van der Waals surface area contributed by atoms with E-state index in [1.54, 1.807) is 9.80 Å². The maximum Gasteiger partial charge on any atom is 0.321 e. The Balaban J connectivity index is 1.55. The SMILES string of the molecule is O=C1N(Cc2ccc(CO)cc2)C(CC2=CC=CCC2)C(O)C(O)C(Cc2ccccc2)N1Cc1ccc(CO)cc1. The highest BCUT2D eigenvalue weighted by Gasteiger charge is 2.46. The van der Waals surface area contributed by atoms with Crippen molar-refractivity contribution in [2.45, 2.75) is 76.3 Å². The van der Waals surface area contributed by atoms with Crippen LogP contribution in [0.2, 0.25) is 0 Å². The molecule has 1 saturated heterocycles. The van der Waals surface area contributed by atoms with Gasteiger partial charge in [-0.25, -0.2) is 4.79 Å². The summed E-state index contributed by atoms with van der Waals surface area (Å²) < 4.78 is 0. The number of benzene rings is 3. The van der Waals surface area contributed by atoms with Crippen LogP contribution >= 0.6 is 0 Å². The summed E-state index contributed by atoms with van der Waals surface area (Å²) in [6.45, 7) is 0.353. The molecule has 2 aliphatic rings. The Hall–Kier alpha value is -3.75. The molecular formula is C35H40N2O5. The Morgan fingerprint density at radius 2 is 1.14 bits per heavy atom. The van der Waals surface area contributed by atoms with Gasteiger partial charge in [0.2, 0.25) is 0 Å². The van der Waals surface area contributed by atoms with Gasteiger partial charge >= 0.3 is 6.03 Å². The lowest BCUT2D eigenvalue weighted by atomic mass is 9.89. The third kappa shape index (κ3) is 6.99. The smallest absolute Gasteiger partial charge is 0.321 e. The largest absolute Gasteiger partial charge is 0.392 e. The van der Waals surface area contributed by atoms with Crippen LogP contribution in [0.3, 0.4) is 0 Å². The number of rotatable bonds is 10. The highest BCUT2D eigenvalue weighted by Crippen LogP contribution is 2.32. The fraction of sp³-hybridized carbons (Fsp3) is 0.343. The quantitative estimate of drug-likeness (QED) is 0.289. The first-order valence-electron chi connectivity index (χ1n) is 14.7. The summed E-state index contributed by atoms with van der Waals surface area (Å²) in [5, 5.41) is 42.7. The molecule has 3 aromatic carbocycles. The summed E-state index contributed by atoms with van der Waals surface area (Å²) >= 11 is 0. The Labute approximate surface area is 247 Å². The summed E-state index contributed by atoms with van der Waals surface area (Å²) in [4.78, 5) is 18.1. The van der Waals surface area contributed by atoms with Gasteiger partial charge in [0.1, 0.15) is 12.2 Å². The number of aliphatic hydroxyl groups is 4. The summed E-state index contributed by atoms with van der Waals surface area (Å²) in [7, 11) is 0. The van der Waals surface area contributed by atoms with Gasteiger partial charge in [-0.2, -0.15) is 0 Å². The maximum absolute atomic E-state index is 14.7. The van der Waals surface area contributed by atoms with Gasteiger partial charge in [0.25, 0.3) is 0 Å². The standard InChI is InChI=1S/C35H40N2O5/c38-23-29-15-11-27(12-16-29)21-36-31(19-25-7-3-1-4-8-25)33(40)34(41)32(20-26-9-5-2-6-10-26)37(35(36)42)22-28-13-17-30(24-39)18-14-28/h1-5,7-9,11-18,31-34,38-41H,6,10,19-24H2. The van der Waals surface area contributed by atoms with Crippen LogP contribution in [-0.2, 0) is 32.7 Å². The fourth-order valence-electron chi connectivity index (χ4n) is 5.94. The predicted molar refractivity (Wildman–Crippen MR) is 162 cm³/mol. The van der Waals surface area contributed by atoms with E-state index >= 15 is 0 Å². The zero-order chi connectivity index (χ0) is 29.5. The van der Waals surface area contributed by atoms with Crippen LogP contribution in [-0.4, -0.2) is 60.5 Å². The lowest BCUT2D eigenvalue weighted by molar-refractivity contribution is -0.0409. The number of carbonyl (C=O) groups excluding carboxylic acids is 1. The molecule has 4 N–H and O–H groups in total. The predicted octanol–water partition coefficient (Wildman–Crippen LogP) is 4.48. The van der Waals surface area contributed by atoms with Crippen molar-refractivity contribution in [1.82, 2.24) is 9.80 Å². The van der Waals surface area contributed by atoms with Crippen molar-refractivity contribution in [2.75, 3.05) is 0 Å². The molecule has 0 saturated carbocycles. The molecule has 1 fully saturated rings. The van der Waals surface area contributed by atoms with Crippen molar-refractivity contribution in [1.29, 1.82) is 0 Å². The minimum Gasteiger partial charge on any atom is -0.392 e. The van der Waals surface area contributed by atoms with Gasteiger partial charge in [-0.3, -0.25) is 0 Å². The third-order valence-electron chi connectivity index (χ3n) is 8.41. The third-order valence-corrected chi connectivity index (χ3v) is 8.41. The molecule has 4 atom stereocenters. The van der Waals surface area contributed by atoms with E-state index in [1.807, 2.05) is 91.0 Å². The molecule has 0 bridgehead atoms. The average Bonchev–Trinajstić information content (AvgIpc) is 3.10. The molecule has 0 spiro atoms. The molecule has 7 heteroatoms. The molecule has 220 valence electrons. The van der Waals surface area contributed by atoms with E-state index in [4.69, 9.17) is 0 Å². The van der Waals surface area contributed by atoms with Crippen molar-refractivity contribution >= 4 is 6.03 Å². The number of hydrogen-bond donors (Lipinski definition) is 4. The number of carbonyl (C=O) groups is 1. The average molecular weight is 569 g/mol. The number of urea groups is 1. The molecule has 1 aliphatic carbocycles. The van der Waals surface area contributed by atoms with Crippen molar-refractivity contribution in [3.63, 3.8) is 0 Å². The summed E-state index contributed by atoms with van der Waals surface area (Å²) in [6, 6.07) is 23.1. The van der Waals surface area contributed by atoms with Crippen molar-refractivity contribution in [3.8, 4) is 0 Å². The van der Waals surface area contributed by atoms with E-state index in [-0.39, 0.29) is 32.3 Å². The molecule has 42 heavy (non-hydrogen) atoms. The van der Waals surface area contributed by atoms with E-state index in [0.29, 0.717) is 12.8 Å². The van der Waals surface area contributed by atoms with Crippen molar-refractivity contribution < 1.29 is 25.2 Å². The number of nitrogens with zero attached hydrogens (tertiary/aromatic N) is 2. The molecule has 3 aromatic rings. The minimum atomic E-state index is -1.18. The minimum absolute atomic E-state index is 0.0673. The van der Waals surface area contributed by atoms with E-state index in [2.05, 4.69) is 6.08 Å². The fourth-order valence-corrected chi connectivity index (χ4v) is 5.94. The van der Waals surface area contributed by atoms with Crippen LogP contribution in [0.4, 0.5) is 4.79 Å². The summed E-state index contributed by atoms with van der Waals surface area (Å²) in [6.07, 6.45) is 6.40. The lowest BCUT2D eigenvalue weighted by Crippen LogP contribution is -2.50. The van der Waals surface area contributed by atoms with Crippen LogP contribution in [0.1, 0.15) is 47.1 Å². The Morgan fingerprint density at radius 3 is 1.62 bits per heavy atom. The first-order chi connectivity index (χ1) is 20.5. The van der Waals surface area contributed by atoms with E-state index < -0.39 is 24.3 Å². The lowest BCUT2D eigenvalue weighted by Gasteiger charge is -2.36. The highest BCUT2D eigenvalue weighted by atomic mass is 16.3. The molecule has 2 amide bonds. The van der Waals surface area contributed by atoms with Gasteiger partial charge in [0.05, 0.1) is 25.3 Å². The Bertz CT molecular complexity index is 1370. The number of amides is 2. The maximum atomic E-state index is 14.7. The molecule has 5 rings (SSSR count). The van der Waals surface area contributed by atoms with Gasteiger partial charge in [-0.15, -0.1) is 0 Å². The van der Waals surface area contributed by atoms with Gasteiger partial charge in [-0.05, 0) is 53.5 Å². The zero-order valence-corrected chi connectivity index (χ0v) is 23.8. The first-order valence-corrected chi connectivity index (χ1v) is 14.7. The molecule has 4 unspecified atom stereocenters. The molecule has 7 nitrogen and oxygen atoms in total. The second-order valence-corrected chi connectivity index (χ2v) is 11.3. The molecule has 0 aromatic heterocycles. The van der Waals surface area contributed by atoms with E-state index in [1.165, 1.54) is 0 Å². The Kier molecular flexibility index (Phi) is 9.87. The van der Waals surface area contributed by atoms with Crippen molar-refractivity contribution in [2.24, 2.45) is 0 Å². The molecule has 1 aliphatic heterocycles. The summed E-state index contributed by atoms with van der Waals surface area (Å²) in [5.41, 5.74) is 5.40.